The van der Waals surface area contributed by atoms with Crippen molar-refractivity contribution < 1.29 is 80.2 Å². The summed E-state index contributed by atoms with van der Waals surface area (Å²) >= 11 is 0. The Balaban J connectivity index is 5.22. The fourth-order valence-electron chi connectivity index (χ4n) is 12.2. The fourth-order valence-corrected chi connectivity index (χ4v) is 13.8. The van der Waals surface area contributed by atoms with Gasteiger partial charge in [0, 0.05) is 25.7 Å². The highest BCUT2D eigenvalue weighted by molar-refractivity contribution is 7.47. The summed E-state index contributed by atoms with van der Waals surface area (Å²) in [5, 5.41) is 10.6. The molecule has 0 fully saturated rings. The van der Waals surface area contributed by atoms with E-state index in [0.29, 0.717) is 25.7 Å². The molecule has 0 aromatic carbocycles. The van der Waals surface area contributed by atoms with Crippen LogP contribution < -0.4 is 0 Å². The molecule has 0 aliphatic rings. The van der Waals surface area contributed by atoms with Crippen LogP contribution in [0.2, 0.25) is 0 Å². The largest absolute Gasteiger partial charge is 0.472 e. The summed E-state index contributed by atoms with van der Waals surface area (Å²) in [4.78, 5) is 72.9. The van der Waals surface area contributed by atoms with E-state index in [1.807, 2.05) is 0 Å². The van der Waals surface area contributed by atoms with Gasteiger partial charge in [0.2, 0.25) is 0 Å². The van der Waals surface area contributed by atoms with Crippen LogP contribution in [-0.2, 0) is 65.4 Å². The van der Waals surface area contributed by atoms with E-state index in [1.165, 1.54) is 231 Å². The van der Waals surface area contributed by atoms with E-state index in [-0.39, 0.29) is 25.7 Å². The number of rotatable bonds is 78. The number of carbonyl (C=O) groups is 4. The van der Waals surface area contributed by atoms with Gasteiger partial charge >= 0.3 is 39.5 Å². The van der Waals surface area contributed by atoms with Crippen LogP contribution in [0.1, 0.15) is 414 Å². The van der Waals surface area contributed by atoms with Gasteiger partial charge in [-0.2, -0.15) is 0 Å². The molecule has 0 rings (SSSR count). The maximum absolute atomic E-state index is 13.1. The number of phosphoric ester groups is 2. The van der Waals surface area contributed by atoms with Crippen LogP contribution in [-0.4, -0.2) is 96.7 Å². The average molecular weight is 1440 g/mol. The van der Waals surface area contributed by atoms with Crippen LogP contribution in [0.3, 0.4) is 0 Å². The molecule has 5 atom stereocenters. The smallest absolute Gasteiger partial charge is 0.462 e. The number of aliphatic hydroxyl groups excluding tert-OH is 1. The Labute approximate surface area is 600 Å². The third-order valence-corrected chi connectivity index (χ3v) is 20.4. The van der Waals surface area contributed by atoms with Crippen molar-refractivity contribution in [2.24, 2.45) is 11.8 Å². The lowest BCUT2D eigenvalue weighted by Gasteiger charge is -2.21. The molecule has 0 radical (unpaired) electrons. The summed E-state index contributed by atoms with van der Waals surface area (Å²) in [6.45, 7) is 9.64. The molecule has 0 saturated heterocycles. The fraction of sp³-hybridized carbons (Fsp3) is 0.949. The van der Waals surface area contributed by atoms with Crippen molar-refractivity contribution in [2.75, 3.05) is 39.6 Å². The molecule has 0 spiro atoms. The number of esters is 4. The van der Waals surface area contributed by atoms with E-state index in [2.05, 4.69) is 41.5 Å². The van der Waals surface area contributed by atoms with E-state index in [1.54, 1.807) is 0 Å². The molecule has 0 bridgehead atoms. The lowest BCUT2D eigenvalue weighted by Crippen LogP contribution is -2.30. The normalized spacial score (nSPS) is 13.9. The van der Waals surface area contributed by atoms with Crippen molar-refractivity contribution in [3.63, 3.8) is 0 Å². The predicted molar refractivity (Wildman–Crippen MR) is 400 cm³/mol. The van der Waals surface area contributed by atoms with Gasteiger partial charge < -0.3 is 33.8 Å². The number of ether oxygens (including phenoxy) is 4. The highest BCUT2D eigenvalue weighted by atomic mass is 31.2. The number of aliphatic hydroxyl groups is 1. The number of phosphoric acid groups is 2. The molecular formula is C79H154O17P2. The summed E-state index contributed by atoms with van der Waals surface area (Å²) in [7, 11) is -9.91. The minimum atomic E-state index is -4.96. The van der Waals surface area contributed by atoms with Crippen LogP contribution in [0.15, 0.2) is 0 Å². The molecule has 17 nitrogen and oxygen atoms in total. The molecule has 0 aromatic rings. The van der Waals surface area contributed by atoms with Gasteiger partial charge in [0.05, 0.1) is 26.4 Å². The van der Waals surface area contributed by atoms with Crippen molar-refractivity contribution in [3.8, 4) is 0 Å². The monoisotopic (exact) mass is 1440 g/mol. The first-order valence-electron chi connectivity index (χ1n) is 41.0. The van der Waals surface area contributed by atoms with Crippen LogP contribution in [0.5, 0.6) is 0 Å². The highest BCUT2D eigenvalue weighted by Gasteiger charge is 2.30. The second kappa shape index (κ2) is 70.7. The van der Waals surface area contributed by atoms with E-state index in [0.717, 1.165) is 102 Å². The van der Waals surface area contributed by atoms with Crippen LogP contribution >= 0.6 is 15.6 Å². The third-order valence-electron chi connectivity index (χ3n) is 18.5. The first kappa shape index (κ1) is 96.1. The standard InChI is InChI=1S/C79H154O17P2/c1-7-9-11-13-15-17-18-19-20-24-27-32-38-44-50-56-62-77(82)90-68-75(96-78(83)63-57-51-45-39-33-28-25-22-21-23-26-30-36-41-47-53-59-71(3)4)70-94-98(87,88)92-66-73(80)65-91-97(85,86)93-69-74(67-89-76(81)61-55-49-43-35-16-14-12-10-8-2)95-79(84)64-58-52-46-40-34-29-31-37-42-48-54-60-72(5)6/h71-75,80H,7-70H2,1-6H3,(H,85,86)(H,87,88)/t73-,74+,75+/m0/s1. The Bertz CT molecular complexity index is 1890. The van der Waals surface area contributed by atoms with Gasteiger partial charge in [0.1, 0.15) is 19.3 Å². The molecule has 0 amide bonds. The number of carbonyl (C=O) groups excluding carboxylic acids is 4. The van der Waals surface area contributed by atoms with Gasteiger partial charge in [-0.25, -0.2) is 9.13 Å². The topological polar surface area (TPSA) is 237 Å². The van der Waals surface area contributed by atoms with E-state index < -0.39 is 97.5 Å². The van der Waals surface area contributed by atoms with Gasteiger partial charge in [-0.15, -0.1) is 0 Å². The molecule has 0 saturated carbocycles. The zero-order valence-corrected chi connectivity index (χ0v) is 65.9. The minimum absolute atomic E-state index is 0.107. The van der Waals surface area contributed by atoms with Crippen LogP contribution in [0, 0.1) is 11.8 Å². The highest BCUT2D eigenvalue weighted by Crippen LogP contribution is 2.45. The SMILES string of the molecule is CCCCCCCCCCCCCCCCCCC(=O)OC[C@H](COP(=O)(O)OC[C@@H](O)COP(=O)(O)OC[C@@H](COC(=O)CCCCCCCCCCC)OC(=O)CCCCCCCCCCCCCC(C)C)OC(=O)CCCCCCCCCCCCCCCCCCC(C)C. The van der Waals surface area contributed by atoms with E-state index in [9.17, 15) is 43.2 Å². The number of hydrogen-bond acceptors (Lipinski definition) is 15. The Morgan fingerprint density at radius 1 is 0.276 bits per heavy atom. The van der Waals surface area contributed by atoms with Gasteiger partial charge in [0.15, 0.2) is 12.2 Å². The molecule has 3 N–H and O–H groups in total. The molecule has 0 heterocycles. The van der Waals surface area contributed by atoms with Crippen molar-refractivity contribution >= 4 is 39.5 Å². The molecule has 19 heteroatoms. The summed E-state index contributed by atoms with van der Waals surface area (Å²) in [6.07, 6.45) is 59.6. The summed E-state index contributed by atoms with van der Waals surface area (Å²) in [5.74, 6) is -0.537. The summed E-state index contributed by atoms with van der Waals surface area (Å²) in [6, 6.07) is 0. The lowest BCUT2D eigenvalue weighted by molar-refractivity contribution is -0.161. The Hall–Kier alpha value is -1.94. The Morgan fingerprint density at radius 3 is 0.694 bits per heavy atom. The molecule has 0 aliphatic carbocycles. The van der Waals surface area contributed by atoms with Gasteiger partial charge in [-0.05, 0) is 37.5 Å². The number of hydrogen-bond donors (Lipinski definition) is 3. The van der Waals surface area contributed by atoms with Gasteiger partial charge in [-0.1, -0.05) is 363 Å². The molecule has 0 aromatic heterocycles. The zero-order valence-electron chi connectivity index (χ0n) is 64.1. The van der Waals surface area contributed by atoms with Crippen molar-refractivity contribution in [1.29, 1.82) is 0 Å². The van der Waals surface area contributed by atoms with Gasteiger partial charge in [0.25, 0.3) is 0 Å². The summed E-state index contributed by atoms with van der Waals surface area (Å²) in [5.41, 5.74) is 0. The third kappa shape index (κ3) is 72.4. The maximum Gasteiger partial charge on any atom is 0.472 e. The number of unbranched alkanes of at least 4 members (excludes halogenated alkanes) is 48. The lowest BCUT2D eigenvalue weighted by atomic mass is 10.0. The predicted octanol–water partition coefficient (Wildman–Crippen LogP) is 23.5. The summed E-state index contributed by atoms with van der Waals surface area (Å²) < 4.78 is 68.6. The van der Waals surface area contributed by atoms with E-state index in [4.69, 9.17) is 37.0 Å². The van der Waals surface area contributed by atoms with E-state index >= 15 is 0 Å². The quantitative estimate of drug-likeness (QED) is 0.0222. The second-order valence-electron chi connectivity index (χ2n) is 29.4. The molecule has 0 aliphatic heterocycles. The molecular weight excluding hydrogens is 1280 g/mol. The Kier molecular flexibility index (Phi) is 69.3. The van der Waals surface area contributed by atoms with Crippen LogP contribution in [0.4, 0.5) is 0 Å². The van der Waals surface area contributed by atoms with Crippen molar-refractivity contribution in [2.45, 2.75) is 432 Å². The Morgan fingerprint density at radius 2 is 0.469 bits per heavy atom. The zero-order chi connectivity index (χ0) is 72.1. The average Bonchev–Trinajstić information content (AvgIpc) is 1.01. The first-order valence-corrected chi connectivity index (χ1v) is 44.0. The molecule has 2 unspecified atom stereocenters. The minimum Gasteiger partial charge on any atom is -0.462 e. The van der Waals surface area contributed by atoms with Crippen molar-refractivity contribution in [1.82, 2.24) is 0 Å². The first-order chi connectivity index (χ1) is 47.4. The second-order valence-corrected chi connectivity index (χ2v) is 32.3. The van der Waals surface area contributed by atoms with Gasteiger partial charge in [-0.3, -0.25) is 37.3 Å². The molecule has 582 valence electrons. The van der Waals surface area contributed by atoms with Crippen LogP contribution in [0.25, 0.3) is 0 Å². The van der Waals surface area contributed by atoms with Crippen molar-refractivity contribution in [3.05, 3.63) is 0 Å². The molecule has 98 heavy (non-hydrogen) atoms. The maximum atomic E-state index is 13.1.